The Morgan fingerprint density at radius 2 is 1.45 bits per heavy atom. The number of carbonyl (C=O) groups is 3. The summed E-state index contributed by atoms with van der Waals surface area (Å²) in [6.45, 7) is 6.20. The van der Waals surface area contributed by atoms with Crippen molar-refractivity contribution in [1.29, 1.82) is 0 Å². The average molecular weight is 448 g/mol. The molecular weight excluding hydrogens is 414 g/mol. The number of nitrogens with one attached hydrogen (secondary N) is 1. The summed E-state index contributed by atoms with van der Waals surface area (Å²) in [4.78, 5) is 42.3. The van der Waals surface area contributed by atoms with E-state index in [-0.39, 0.29) is 29.6 Å². The van der Waals surface area contributed by atoms with Crippen LogP contribution in [0.5, 0.6) is 0 Å². The maximum atomic E-state index is 13.3. The molecule has 174 valence electrons. The lowest BCUT2D eigenvalue weighted by Crippen LogP contribution is -2.57. The van der Waals surface area contributed by atoms with Crippen molar-refractivity contribution < 1.29 is 14.4 Å². The largest absolute Gasteiger partial charge is 0.340 e. The van der Waals surface area contributed by atoms with Crippen LogP contribution in [0.4, 0.5) is 0 Å². The Hall–Kier alpha value is -3.15. The van der Waals surface area contributed by atoms with E-state index in [1.54, 1.807) is 17.0 Å². The second-order valence-corrected chi connectivity index (χ2v) is 9.20. The first-order valence-corrected chi connectivity index (χ1v) is 12.0. The normalized spacial score (nSPS) is 17.9. The molecule has 1 N–H and O–H groups in total. The van der Waals surface area contributed by atoms with E-state index in [1.807, 2.05) is 61.2 Å². The molecule has 1 aliphatic heterocycles. The predicted molar refractivity (Wildman–Crippen MR) is 128 cm³/mol. The van der Waals surface area contributed by atoms with Gasteiger partial charge in [-0.15, -0.1) is 0 Å². The molecule has 2 atom stereocenters. The van der Waals surface area contributed by atoms with Crippen LogP contribution in [0.1, 0.15) is 43.5 Å². The highest BCUT2D eigenvalue weighted by atomic mass is 16.2. The van der Waals surface area contributed by atoms with Crippen LogP contribution in [0, 0.1) is 11.8 Å². The Morgan fingerprint density at radius 3 is 2.03 bits per heavy atom. The van der Waals surface area contributed by atoms with Crippen molar-refractivity contribution in [1.82, 2.24) is 15.1 Å². The van der Waals surface area contributed by atoms with Gasteiger partial charge in [0.15, 0.2) is 0 Å². The lowest BCUT2D eigenvalue weighted by atomic mass is 9.96. The van der Waals surface area contributed by atoms with E-state index in [9.17, 15) is 14.4 Å². The zero-order chi connectivity index (χ0) is 23.4. The van der Waals surface area contributed by atoms with Crippen LogP contribution >= 0.6 is 0 Å². The van der Waals surface area contributed by atoms with Crippen molar-refractivity contribution in [2.45, 2.75) is 39.2 Å². The third-order valence-corrected chi connectivity index (χ3v) is 6.85. The first-order chi connectivity index (χ1) is 16.0. The molecule has 6 heteroatoms. The Morgan fingerprint density at radius 1 is 0.879 bits per heavy atom. The van der Waals surface area contributed by atoms with Crippen molar-refractivity contribution in [3.8, 4) is 11.1 Å². The standard InChI is InChI=1S/C27H33N3O3/c1-3-19(2)24(27(33)30-17-15-29(16-18-30)26(32)23-13-14-23)28-25(31)22-11-9-21(10-12-22)20-7-5-4-6-8-20/h4-12,19,23-24H,3,13-18H2,1-2H3,(H,28,31). The van der Waals surface area contributed by atoms with Gasteiger partial charge in [-0.1, -0.05) is 62.7 Å². The first kappa shape index (κ1) is 23.0. The lowest BCUT2D eigenvalue weighted by molar-refractivity contribution is -0.142. The molecule has 33 heavy (non-hydrogen) atoms. The molecule has 2 fully saturated rings. The Kier molecular flexibility index (Phi) is 7.11. The van der Waals surface area contributed by atoms with Gasteiger partial charge in [-0.3, -0.25) is 14.4 Å². The fraction of sp³-hybridized carbons (Fsp3) is 0.444. The Bertz CT molecular complexity index is 977. The van der Waals surface area contributed by atoms with Crippen molar-refractivity contribution in [2.75, 3.05) is 26.2 Å². The number of nitrogens with zero attached hydrogens (tertiary/aromatic N) is 2. The van der Waals surface area contributed by atoms with Crippen LogP contribution in [0.2, 0.25) is 0 Å². The van der Waals surface area contributed by atoms with Gasteiger partial charge in [0.2, 0.25) is 11.8 Å². The van der Waals surface area contributed by atoms with Gasteiger partial charge in [-0.2, -0.15) is 0 Å². The van der Waals surface area contributed by atoms with Crippen molar-refractivity contribution in [3.05, 3.63) is 60.2 Å². The summed E-state index contributed by atoms with van der Waals surface area (Å²) < 4.78 is 0. The fourth-order valence-corrected chi connectivity index (χ4v) is 4.28. The zero-order valence-electron chi connectivity index (χ0n) is 19.5. The number of hydrogen-bond donors (Lipinski definition) is 1. The molecule has 2 aromatic carbocycles. The van der Waals surface area contributed by atoms with Crippen molar-refractivity contribution in [3.63, 3.8) is 0 Å². The van der Waals surface area contributed by atoms with Gasteiger partial charge in [0.1, 0.15) is 6.04 Å². The maximum Gasteiger partial charge on any atom is 0.251 e. The molecule has 0 bridgehead atoms. The van der Waals surface area contributed by atoms with Crippen LogP contribution < -0.4 is 5.32 Å². The molecule has 4 rings (SSSR count). The average Bonchev–Trinajstić information content (AvgIpc) is 3.72. The van der Waals surface area contributed by atoms with Gasteiger partial charge < -0.3 is 15.1 Å². The van der Waals surface area contributed by atoms with E-state index in [0.717, 1.165) is 30.4 Å². The number of hydrogen-bond acceptors (Lipinski definition) is 3. The minimum absolute atomic E-state index is 0.0103. The van der Waals surface area contributed by atoms with Gasteiger partial charge in [0.25, 0.3) is 5.91 Å². The first-order valence-electron chi connectivity index (χ1n) is 12.0. The molecule has 0 aromatic heterocycles. The van der Waals surface area contributed by atoms with Crippen LogP contribution in [-0.4, -0.2) is 59.7 Å². The molecule has 1 heterocycles. The highest BCUT2D eigenvalue weighted by Crippen LogP contribution is 2.31. The van der Waals surface area contributed by atoms with E-state index in [0.29, 0.717) is 31.7 Å². The summed E-state index contributed by atoms with van der Waals surface area (Å²) in [5.74, 6) is 0.143. The minimum Gasteiger partial charge on any atom is -0.340 e. The third-order valence-electron chi connectivity index (χ3n) is 6.85. The number of piperazine rings is 1. The molecule has 2 aliphatic rings. The lowest BCUT2D eigenvalue weighted by Gasteiger charge is -2.37. The quantitative estimate of drug-likeness (QED) is 0.705. The van der Waals surface area contributed by atoms with E-state index in [1.165, 1.54) is 0 Å². The van der Waals surface area contributed by atoms with E-state index in [4.69, 9.17) is 0 Å². The molecule has 3 amide bonds. The predicted octanol–water partition coefficient (Wildman–Crippen LogP) is 3.58. The molecular formula is C27H33N3O3. The topological polar surface area (TPSA) is 69.7 Å². The number of amides is 3. The van der Waals surface area contributed by atoms with Crippen LogP contribution in [0.3, 0.4) is 0 Å². The summed E-state index contributed by atoms with van der Waals surface area (Å²) in [5.41, 5.74) is 2.67. The van der Waals surface area contributed by atoms with Gasteiger partial charge >= 0.3 is 0 Å². The Balaban J connectivity index is 1.39. The second-order valence-electron chi connectivity index (χ2n) is 9.20. The van der Waals surface area contributed by atoms with Crippen LogP contribution in [0.15, 0.2) is 54.6 Å². The number of carbonyl (C=O) groups excluding carboxylic acids is 3. The van der Waals surface area contributed by atoms with Gasteiger partial charge in [-0.25, -0.2) is 0 Å². The smallest absolute Gasteiger partial charge is 0.251 e. The zero-order valence-corrected chi connectivity index (χ0v) is 19.5. The van der Waals surface area contributed by atoms with Crippen molar-refractivity contribution >= 4 is 17.7 Å². The molecule has 1 saturated heterocycles. The molecule has 0 spiro atoms. The molecule has 1 aliphatic carbocycles. The van der Waals surface area contributed by atoms with E-state index >= 15 is 0 Å². The van der Waals surface area contributed by atoms with Crippen LogP contribution in [0.25, 0.3) is 11.1 Å². The van der Waals surface area contributed by atoms with Gasteiger partial charge in [0.05, 0.1) is 0 Å². The molecule has 6 nitrogen and oxygen atoms in total. The fourth-order valence-electron chi connectivity index (χ4n) is 4.28. The highest BCUT2D eigenvalue weighted by molar-refractivity contribution is 5.98. The SMILES string of the molecule is CCC(C)C(NC(=O)c1ccc(-c2ccccc2)cc1)C(=O)N1CCN(C(=O)C2CC2)CC1. The molecule has 1 saturated carbocycles. The second kappa shape index (κ2) is 10.2. The highest BCUT2D eigenvalue weighted by Gasteiger charge is 2.37. The molecule has 2 unspecified atom stereocenters. The molecule has 2 aromatic rings. The summed E-state index contributed by atoms with van der Waals surface area (Å²) in [7, 11) is 0. The summed E-state index contributed by atoms with van der Waals surface area (Å²) in [6.07, 6.45) is 2.77. The van der Waals surface area contributed by atoms with Gasteiger partial charge in [0, 0.05) is 37.7 Å². The van der Waals surface area contributed by atoms with E-state index in [2.05, 4.69) is 5.32 Å². The molecule has 0 radical (unpaired) electrons. The summed E-state index contributed by atoms with van der Waals surface area (Å²) in [6, 6.07) is 16.9. The Labute approximate surface area is 196 Å². The third kappa shape index (κ3) is 5.44. The van der Waals surface area contributed by atoms with Crippen molar-refractivity contribution in [2.24, 2.45) is 11.8 Å². The van der Waals surface area contributed by atoms with E-state index < -0.39 is 6.04 Å². The number of benzene rings is 2. The monoisotopic (exact) mass is 447 g/mol. The number of rotatable bonds is 7. The van der Waals surface area contributed by atoms with Crippen LogP contribution in [-0.2, 0) is 9.59 Å². The minimum atomic E-state index is -0.581. The summed E-state index contributed by atoms with van der Waals surface area (Å²) in [5, 5.41) is 2.99. The summed E-state index contributed by atoms with van der Waals surface area (Å²) >= 11 is 0. The van der Waals surface area contributed by atoms with Gasteiger partial charge in [-0.05, 0) is 42.0 Å². The maximum absolute atomic E-state index is 13.3.